The molecule has 0 spiro atoms. The fourth-order valence-electron chi connectivity index (χ4n) is 3.83. The minimum atomic E-state index is -0.966. The van der Waals surface area contributed by atoms with Crippen molar-refractivity contribution in [2.24, 2.45) is 4.99 Å². The van der Waals surface area contributed by atoms with Crippen LogP contribution in [0.1, 0.15) is 29.7 Å². The summed E-state index contributed by atoms with van der Waals surface area (Å²) in [5.74, 6) is -1.71. The van der Waals surface area contributed by atoms with Gasteiger partial charge >= 0.3 is 0 Å². The van der Waals surface area contributed by atoms with Gasteiger partial charge in [-0.25, -0.2) is 18.7 Å². The molecule has 1 saturated carbocycles. The van der Waals surface area contributed by atoms with Crippen LogP contribution in [0.25, 0.3) is 0 Å². The second-order valence-corrected chi connectivity index (χ2v) is 8.02. The number of hydrogen-bond donors (Lipinski definition) is 3. The van der Waals surface area contributed by atoms with Gasteiger partial charge in [-0.2, -0.15) is 0 Å². The number of likely N-dealkylation sites (N-methyl/N-ethyl adjacent to an activating group) is 1. The van der Waals surface area contributed by atoms with E-state index < -0.39 is 35.8 Å². The van der Waals surface area contributed by atoms with Crippen LogP contribution in [0.2, 0.25) is 5.02 Å². The maximum atomic E-state index is 14.2. The number of nitrogens with one attached hydrogen (secondary N) is 1. The molecule has 31 heavy (non-hydrogen) atoms. The van der Waals surface area contributed by atoms with Gasteiger partial charge in [-0.15, -0.1) is 0 Å². The lowest BCUT2D eigenvalue weighted by molar-refractivity contribution is -0.123. The van der Waals surface area contributed by atoms with E-state index in [2.05, 4.69) is 20.3 Å². The Hall–Kier alpha value is -2.69. The maximum absolute atomic E-state index is 14.2. The van der Waals surface area contributed by atoms with Crippen molar-refractivity contribution in [1.29, 1.82) is 0 Å². The molecular formula is C20H20ClF2N5O3. The van der Waals surface area contributed by atoms with Gasteiger partial charge in [0.1, 0.15) is 29.5 Å². The van der Waals surface area contributed by atoms with Crippen molar-refractivity contribution < 1.29 is 23.8 Å². The fraction of sp³-hybridized carbons (Fsp3) is 0.400. The first-order valence-electron chi connectivity index (χ1n) is 9.66. The molecule has 0 unspecified atom stereocenters. The van der Waals surface area contributed by atoms with Crippen LogP contribution < -0.4 is 5.32 Å². The number of halogens is 3. The molecule has 1 fully saturated rings. The van der Waals surface area contributed by atoms with Gasteiger partial charge in [-0.1, -0.05) is 11.6 Å². The van der Waals surface area contributed by atoms with Crippen LogP contribution in [0.4, 0.5) is 14.6 Å². The van der Waals surface area contributed by atoms with Crippen molar-refractivity contribution in [3.8, 4) is 0 Å². The summed E-state index contributed by atoms with van der Waals surface area (Å²) in [6.07, 6.45) is 0.500. The zero-order valence-electron chi connectivity index (χ0n) is 16.5. The van der Waals surface area contributed by atoms with Gasteiger partial charge in [-0.3, -0.25) is 9.79 Å². The molecule has 1 aliphatic carbocycles. The molecule has 164 valence electrons. The lowest BCUT2D eigenvalue weighted by Crippen LogP contribution is -2.36. The third-order valence-electron chi connectivity index (χ3n) is 5.48. The lowest BCUT2D eigenvalue weighted by Gasteiger charge is -2.22. The molecule has 2 aromatic rings. The van der Waals surface area contributed by atoms with Gasteiger partial charge in [0.25, 0.3) is 5.91 Å². The maximum Gasteiger partial charge on any atom is 0.272 e. The average Bonchev–Trinajstić information content (AvgIpc) is 3.30. The molecule has 1 aliphatic heterocycles. The van der Waals surface area contributed by atoms with Crippen LogP contribution in [0.3, 0.4) is 0 Å². The quantitative estimate of drug-likeness (QED) is 0.596. The van der Waals surface area contributed by atoms with Crippen LogP contribution in [0.15, 0.2) is 23.5 Å². The molecule has 0 saturated heterocycles. The minimum absolute atomic E-state index is 0.0644. The summed E-state index contributed by atoms with van der Waals surface area (Å²) in [5, 5.41) is 22.6. The van der Waals surface area contributed by atoms with Crippen molar-refractivity contribution in [3.05, 3.63) is 51.9 Å². The number of aromatic nitrogens is 2. The number of carbonyl (C=O) groups excluding carboxylic acids is 1. The third kappa shape index (κ3) is 4.10. The molecule has 11 heteroatoms. The van der Waals surface area contributed by atoms with E-state index >= 15 is 0 Å². The van der Waals surface area contributed by atoms with Crippen LogP contribution >= 0.6 is 11.6 Å². The highest BCUT2D eigenvalue weighted by Crippen LogP contribution is 2.29. The largest absolute Gasteiger partial charge is 0.390 e. The molecule has 0 radical (unpaired) electrons. The molecule has 1 aromatic carbocycles. The molecule has 0 bridgehead atoms. The number of aliphatic hydroxyl groups excluding tert-OH is 2. The second kappa shape index (κ2) is 8.45. The van der Waals surface area contributed by atoms with Gasteiger partial charge in [0.15, 0.2) is 0 Å². The van der Waals surface area contributed by atoms with E-state index in [0.29, 0.717) is 29.9 Å². The monoisotopic (exact) mass is 451 g/mol. The number of anilines is 1. The standard InChI is InChI=1S/C20H20ClF2N5O3/c1-28(7-9-4-10(22)5-11(21)16(9)23)20(31)17-15-13(6-24-17)25-8-26-19(15)27-12-2-3-14(29)18(12)30/h4-5,8,12,14,18,29-30H,2-3,6-7H2,1H3,(H,25,26,27)/t12-,14-,18+/m1/s1. The highest BCUT2D eigenvalue weighted by atomic mass is 35.5. The summed E-state index contributed by atoms with van der Waals surface area (Å²) in [4.78, 5) is 26.9. The van der Waals surface area contributed by atoms with E-state index in [0.717, 1.165) is 12.1 Å². The molecule has 3 atom stereocenters. The fourth-order valence-corrected chi connectivity index (χ4v) is 4.06. The first-order chi connectivity index (χ1) is 14.8. The lowest BCUT2D eigenvalue weighted by atomic mass is 10.1. The summed E-state index contributed by atoms with van der Waals surface area (Å²) in [7, 11) is 1.44. The Morgan fingerprint density at radius 3 is 2.77 bits per heavy atom. The molecule has 2 heterocycles. The molecule has 1 amide bonds. The Morgan fingerprint density at radius 1 is 1.29 bits per heavy atom. The van der Waals surface area contributed by atoms with Crippen LogP contribution in [-0.2, 0) is 17.9 Å². The number of aliphatic imine (C=N–C) groups is 1. The Balaban J connectivity index is 1.57. The summed E-state index contributed by atoms with van der Waals surface area (Å²) in [6, 6.07) is 1.41. The van der Waals surface area contributed by atoms with E-state index in [4.69, 9.17) is 11.6 Å². The number of nitrogens with zero attached hydrogens (tertiary/aromatic N) is 4. The predicted octanol–water partition coefficient (Wildman–Crippen LogP) is 1.67. The summed E-state index contributed by atoms with van der Waals surface area (Å²) in [6.45, 7) is -0.0576. The van der Waals surface area contributed by atoms with E-state index in [9.17, 15) is 23.8 Å². The zero-order valence-corrected chi connectivity index (χ0v) is 17.3. The van der Waals surface area contributed by atoms with Gasteiger partial charge in [0.2, 0.25) is 0 Å². The molecule has 2 aliphatic rings. The first-order valence-corrected chi connectivity index (χ1v) is 10.0. The normalized spacial score (nSPS) is 22.3. The Kier molecular flexibility index (Phi) is 5.87. The molecule has 1 aromatic heterocycles. The Morgan fingerprint density at radius 2 is 2.06 bits per heavy atom. The molecule has 3 N–H and O–H groups in total. The van der Waals surface area contributed by atoms with Gasteiger partial charge in [0.05, 0.1) is 41.1 Å². The van der Waals surface area contributed by atoms with E-state index in [1.807, 2.05) is 0 Å². The third-order valence-corrected chi connectivity index (χ3v) is 5.75. The SMILES string of the molecule is CN(Cc1cc(F)cc(Cl)c1F)C(=O)C1=NCc2ncnc(N[C@@H]3CC[C@@H](O)[C@H]3O)c21. The Labute approximate surface area is 181 Å². The highest BCUT2D eigenvalue weighted by molar-refractivity contribution is 6.47. The van der Waals surface area contributed by atoms with Crippen molar-refractivity contribution >= 4 is 29.0 Å². The number of amides is 1. The summed E-state index contributed by atoms with van der Waals surface area (Å²) in [5.41, 5.74) is 0.940. The molecule has 4 rings (SSSR count). The number of carbonyl (C=O) groups is 1. The van der Waals surface area contributed by atoms with E-state index in [-0.39, 0.29) is 29.4 Å². The van der Waals surface area contributed by atoms with Crippen LogP contribution in [0.5, 0.6) is 0 Å². The average molecular weight is 452 g/mol. The van der Waals surface area contributed by atoms with Crippen LogP contribution in [0, 0.1) is 11.6 Å². The van der Waals surface area contributed by atoms with Gasteiger partial charge in [0, 0.05) is 19.2 Å². The Bertz CT molecular complexity index is 1070. The molecule has 8 nitrogen and oxygen atoms in total. The molecular weight excluding hydrogens is 432 g/mol. The van der Waals surface area contributed by atoms with Crippen molar-refractivity contribution in [2.45, 2.75) is 44.2 Å². The number of hydrogen-bond acceptors (Lipinski definition) is 7. The summed E-state index contributed by atoms with van der Waals surface area (Å²) >= 11 is 5.69. The number of fused-ring (bicyclic) bond motifs is 1. The van der Waals surface area contributed by atoms with Crippen molar-refractivity contribution in [1.82, 2.24) is 14.9 Å². The van der Waals surface area contributed by atoms with Crippen molar-refractivity contribution in [3.63, 3.8) is 0 Å². The number of benzene rings is 1. The number of rotatable bonds is 5. The topological polar surface area (TPSA) is 111 Å². The second-order valence-electron chi connectivity index (χ2n) is 7.62. The van der Waals surface area contributed by atoms with E-state index in [1.165, 1.54) is 18.3 Å². The minimum Gasteiger partial charge on any atom is -0.390 e. The summed E-state index contributed by atoms with van der Waals surface area (Å²) < 4.78 is 27.9. The zero-order chi connectivity index (χ0) is 22.3. The van der Waals surface area contributed by atoms with Gasteiger partial charge < -0.3 is 20.4 Å². The van der Waals surface area contributed by atoms with Crippen molar-refractivity contribution in [2.75, 3.05) is 12.4 Å². The van der Waals surface area contributed by atoms with E-state index in [1.54, 1.807) is 0 Å². The van der Waals surface area contributed by atoms with Crippen LogP contribution in [-0.4, -0.2) is 62.0 Å². The smallest absolute Gasteiger partial charge is 0.272 e. The predicted molar refractivity (Wildman–Crippen MR) is 109 cm³/mol. The highest BCUT2D eigenvalue weighted by Gasteiger charge is 2.36. The van der Waals surface area contributed by atoms with Gasteiger partial charge in [-0.05, 0) is 25.0 Å². The number of aliphatic hydroxyl groups is 2. The first kappa shape index (κ1) is 21.5.